The molecule has 3 rings (SSSR count). The van der Waals surface area contributed by atoms with Gasteiger partial charge in [0.15, 0.2) is 5.65 Å². The molecule has 3 N–H and O–H groups in total. The van der Waals surface area contributed by atoms with Gasteiger partial charge in [-0.2, -0.15) is 9.61 Å². The van der Waals surface area contributed by atoms with Crippen molar-refractivity contribution in [2.45, 2.75) is 26.7 Å². The maximum Gasteiger partial charge on any atom is 0.213 e. The van der Waals surface area contributed by atoms with Gasteiger partial charge in [0.25, 0.3) is 0 Å². The molecule has 3 aromatic heterocycles. The van der Waals surface area contributed by atoms with Crippen LogP contribution in [0.3, 0.4) is 0 Å². The first kappa shape index (κ1) is 18.9. The van der Waals surface area contributed by atoms with Gasteiger partial charge in [-0.3, -0.25) is 0 Å². The Morgan fingerprint density at radius 3 is 2.85 bits per heavy atom. The summed E-state index contributed by atoms with van der Waals surface area (Å²) in [6, 6.07) is 7.56. The van der Waals surface area contributed by atoms with E-state index >= 15 is 0 Å². The summed E-state index contributed by atoms with van der Waals surface area (Å²) in [6.45, 7) is 5.78. The van der Waals surface area contributed by atoms with Crippen LogP contribution in [0.15, 0.2) is 24.3 Å². The van der Waals surface area contributed by atoms with E-state index in [9.17, 15) is 0 Å². The largest absolute Gasteiger partial charge is 0.475 e. The molecule has 0 amide bonds. The van der Waals surface area contributed by atoms with Crippen LogP contribution in [-0.4, -0.2) is 46.5 Å². The van der Waals surface area contributed by atoms with Gasteiger partial charge in [0.1, 0.15) is 18.2 Å². The number of aryl methyl sites for hydroxylation is 2. The average Bonchev–Trinajstić information content (AvgIpc) is 2.98. The van der Waals surface area contributed by atoms with Crippen LogP contribution in [0, 0.1) is 6.92 Å². The molecule has 0 fully saturated rings. The summed E-state index contributed by atoms with van der Waals surface area (Å²) >= 11 is 0. The lowest BCUT2D eigenvalue weighted by molar-refractivity contribution is 0.143. The van der Waals surface area contributed by atoms with Gasteiger partial charge in [0.05, 0.1) is 12.3 Å². The standard InChI is InChI=1S/C19H26N6O2/c1-4-15-13(2)24-25-16(20)12-17(23-19(15)25)21-9-8-14-6-5-7-18(22-14)27-11-10-26-3/h5-7,12H,4,8-11,20H2,1-3H3,(H,21,23). The zero-order chi connectivity index (χ0) is 19.2. The molecule has 144 valence electrons. The third-order valence-electron chi connectivity index (χ3n) is 4.27. The summed E-state index contributed by atoms with van der Waals surface area (Å²) in [6.07, 6.45) is 1.61. The summed E-state index contributed by atoms with van der Waals surface area (Å²) in [7, 11) is 1.64. The highest BCUT2D eigenvalue weighted by molar-refractivity contribution is 5.60. The van der Waals surface area contributed by atoms with Crippen molar-refractivity contribution >= 4 is 17.3 Å². The summed E-state index contributed by atoms with van der Waals surface area (Å²) < 4.78 is 12.2. The van der Waals surface area contributed by atoms with Crippen LogP contribution in [0.5, 0.6) is 5.88 Å². The molecular formula is C19H26N6O2. The Labute approximate surface area is 158 Å². The Balaban J connectivity index is 1.64. The van der Waals surface area contributed by atoms with Gasteiger partial charge in [-0.15, -0.1) is 0 Å². The highest BCUT2D eigenvalue weighted by Crippen LogP contribution is 2.20. The van der Waals surface area contributed by atoms with E-state index in [2.05, 4.69) is 27.3 Å². The van der Waals surface area contributed by atoms with Gasteiger partial charge in [0, 0.05) is 43.5 Å². The molecule has 0 aliphatic carbocycles. The number of anilines is 2. The van der Waals surface area contributed by atoms with E-state index in [-0.39, 0.29) is 0 Å². The van der Waals surface area contributed by atoms with Crippen molar-refractivity contribution in [3.05, 3.63) is 41.2 Å². The van der Waals surface area contributed by atoms with Crippen molar-refractivity contribution in [1.29, 1.82) is 0 Å². The summed E-state index contributed by atoms with van der Waals surface area (Å²) in [4.78, 5) is 9.17. The Bertz CT molecular complexity index is 909. The third-order valence-corrected chi connectivity index (χ3v) is 4.27. The highest BCUT2D eigenvalue weighted by Gasteiger charge is 2.12. The Morgan fingerprint density at radius 1 is 1.22 bits per heavy atom. The zero-order valence-electron chi connectivity index (χ0n) is 16.0. The van der Waals surface area contributed by atoms with E-state index in [0.29, 0.717) is 31.5 Å². The van der Waals surface area contributed by atoms with E-state index in [1.807, 2.05) is 25.1 Å². The number of aromatic nitrogens is 4. The minimum atomic E-state index is 0.485. The van der Waals surface area contributed by atoms with E-state index in [0.717, 1.165) is 41.3 Å². The summed E-state index contributed by atoms with van der Waals surface area (Å²) in [5.74, 6) is 1.91. The molecule has 3 aromatic rings. The van der Waals surface area contributed by atoms with Crippen LogP contribution < -0.4 is 15.8 Å². The number of fused-ring (bicyclic) bond motifs is 1. The van der Waals surface area contributed by atoms with E-state index in [1.165, 1.54) is 0 Å². The lowest BCUT2D eigenvalue weighted by Gasteiger charge is -2.09. The fourth-order valence-electron chi connectivity index (χ4n) is 2.92. The molecule has 8 heteroatoms. The number of nitrogen functional groups attached to an aromatic ring is 1. The number of hydrogen-bond acceptors (Lipinski definition) is 7. The molecule has 0 radical (unpaired) electrons. The van der Waals surface area contributed by atoms with Crippen LogP contribution in [-0.2, 0) is 17.6 Å². The van der Waals surface area contributed by atoms with Gasteiger partial charge < -0.3 is 20.5 Å². The summed E-state index contributed by atoms with van der Waals surface area (Å²) in [5.41, 5.74) is 9.97. The lowest BCUT2D eigenvalue weighted by Crippen LogP contribution is -2.10. The van der Waals surface area contributed by atoms with E-state index < -0.39 is 0 Å². The smallest absolute Gasteiger partial charge is 0.213 e. The summed E-state index contributed by atoms with van der Waals surface area (Å²) in [5, 5.41) is 7.79. The molecule has 0 aliphatic rings. The fraction of sp³-hybridized carbons (Fsp3) is 0.421. The average molecular weight is 370 g/mol. The zero-order valence-corrected chi connectivity index (χ0v) is 16.0. The molecule has 27 heavy (non-hydrogen) atoms. The number of ether oxygens (including phenoxy) is 2. The quantitative estimate of drug-likeness (QED) is 0.557. The number of methoxy groups -OCH3 is 1. The number of hydrogen-bond donors (Lipinski definition) is 2. The highest BCUT2D eigenvalue weighted by atomic mass is 16.5. The fourth-order valence-corrected chi connectivity index (χ4v) is 2.92. The van der Waals surface area contributed by atoms with Gasteiger partial charge >= 0.3 is 0 Å². The molecule has 0 aliphatic heterocycles. The third kappa shape index (κ3) is 4.46. The van der Waals surface area contributed by atoms with Gasteiger partial charge in [-0.25, -0.2) is 9.97 Å². The van der Waals surface area contributed by atoms with Crippen molar-refractivity contribution in [1.82, 2.24) is 19.6 Å². The molecule has 0 bridgehead atoms. The number of pyridine rings is 1. The molecule has 0 saturated carbocycles. The SMILES string of the molecule is CCc1c(C)nn2c(N)cc(NCCc3cccc(OCCOC)n3)nc12. The molecule has 0 spiro atoms. The van der Waals surface area contributed by atoms with Crippen molar-refractivity contribution in [2.75, 3.05) is 37.9 Å². The molecular weight excluding hydrogens is 344 g/mol. The second-order valence-electron chi connectivity index (χ2n) is 6.20. The monoisotopic (exact) mass is 370 g/mol. The van der Waals surface area contributed by atoms with Crippen LogP contribution >= 0.6 is 0 Å². The van der Waals surface area contributed by atoms with Crippen LogP contribution in [0.1, 0.15) is 23.9 Å². The molecule has 0 unspecified atom stereocenters. The van der Waals surface area contributed by atoms with E-state index in [1.54, 1.807) is 17.7 Å². The number of rotatable bonds is 9. The number of nitrogens with one attached hydrogen (secondary N) is 1. The van der Waals surface area contributed by atoms with Crippen molar-refractivity contribution < 1.29 is 9.47 Å². The van der Waals surface area contributed by atoms with Gasteiger partial charge in [0.2, 0.25) is 5.88 Å². The van der Waals surface area contributed by atoms with Crippen molar-refractivity contribution in [2.24, 2.45) is 0 Å². The van der Waals surface area contributed by atoms with Gasteiger partial charge in [-0.05, 0) is 19.4 Å². The molecule has 3 heterocycles. The molecule has 0 atom stereocenters. The normalized spacial score (nSPS) is 11.1. The first-order valence-corrected chi connectivity index (χ1v) is 9.08. The topological polar surface area (TPSA) is 99.6 Å². The van der Waals surface area contributed by atoms with Crippen molar-refractivity contribution in [3.63, 3.8) is 0 Å². The second kappa shape index (κ2) is 8.68. The Hall–Kier alpha value is -2.87. The van der Waals surface area contributed by atoms with Crippen LogP contribution in [0.2, 0.25) is 0 Å². The Kier molecular flexibility index (Phi) is 6.08. The molecule has 0 saturated heterocycles. The van der Waals surface area contributed by atoms with Crippen LogP contribution in [0.4, 0.5) is 11.6 Å². The maximum atomic E-state index is 6.14. The number of nitrogens with zero attached hydrogens (tertiary/aromatic N) is 4. The minimum absolute atomic E-state index is 0.485. The minimum Gasteiger partial charge on any atom is -0.475 e. The predicted octanol–water partition coefficient (Wildman–Crippen LogP) is 2.26. The molecule has 0 aromatic carbocycles. The lowest BCUT2D eigenvalue weighted by atomic mass is 10.2. The van der Waals surface area contributed by atoms with Gasteiger partial charge in [-0.1, -0.05) is 13.0 Å². The van der Waals surface area contributed by atoms with Crippen molar-refractivity contribution in [3.8, 4) is 5.88 Å². The van der Waals surface area contributed by atoms with Crippen LogP contribution in [0.25, 0.3) is 5.65 Å². The predicted molar refractivity (Wildman–Crippen MR) is 105 cm³/mol. The van der Waals surface area contributed by atoms with E-state index in [4.69, 9.17) is 15.2 Å². The second-order valence-corrected chi connectivity index (χ2v) is 6.20. The molecule has 8 nitrogen and oxygen atoms in total. The Morgan fingerprint density at radius 2 is 2.07 bits per heavy atom. The number of nitrogens with two attached hydrogens (primary N) is 1. The first-order chi connectivity index (χ1) is 13.1. The maximum absolute atomic E-state index is 6.14. The first-order valence-electron chi connectivity index (χ1n) is 9.08.